The zero-order valence-electron chi connectivity index (χ0n) is 10.7. The predicted octanol–water partition coefficient (Wildman–Crippen LogP) is 1.75. The van der Waals surface area contributed by atoms with Crippen molar-refractivity contribution in [2.75, 3.05) is 12.4 Å². The highest BCUT2D eigenvalue weighted by Gasteiger charge is 2.06. The van der Waals surface area contributed by atoms with E-state index in [0.29, 0.717) is 18.0 Å². The van der Waals surface area contributed by atoms with E-state index in [0.717, 1.165) is 10.2 Å². The number of nitrogens with zero attached hydrogens (tertiary/aromatic N) is 3. The third-order valence-electron chi connectivity index (χ3n) is 2.51. The lowest BCUT2D eigenvalue weighted by Crippen LogP contribution is -2.09. The van der Waals surface area contributed by atoms with Crippen molar-refractivity contribution in [3.63, 3.8) is 0 Å². The Bertz CT molecular complexity index is 614. The van der Waals surface area contributed by atoms with Crippen molar-refractivity contribution in [3.05, 3.63) is 34.6 Å². The van der Waals surface area contributed by atoms with E-state index >= 15 is 0 Å². The van der Waals surface area contributed by atoms with Crippen molar-refractivity contribution in [3.8, 4) is 5.75 Å². The SMILES string of the molecule is COc1cc(Br)ccc1NCc1cn(CC(=O)O)nn1. The highest BCUT2D eigenvalue weighted by atomic mass is 79.9. The first kappa shape index (κ1) is 14.3. The summed E-state index contributed by atoms with van der Waals surface area (Å²) in [7, 11) is 1.59. The van der Waals surface area contributed by atoms with E-state index in [1.165, 1.54) is 4.68 Å². The minimum Gasteiger partial charge on any atom is -0.495 e. The van der Waals surface area contributed by atoms with Crippen LogP contribution in [0.15, 0.2) is 28.9 Å². The molecule has 0 radical (unpaired) electrons. The van der Waals surface area contributed by atoms with Crippen LogP contribution in [-0.2, 0) is 17.9 Å². The molecule has 0 saturated carbocycles. The molecule has 2 aromatic rings. The first-order chi connectivity index (χ1) is 9.58. The summed E-state index contributed by atoms with van der Waals surface area (Å²) in [5, 5.41) is 19.4. The molecule has 0 amide bonds. The number of aliphatic carboxylic acids is 1. The average molecular weight is 341 g/mol. The smallest absolute Gasteiger partial charge is 0.325 e. The minimum atomic E-state index is -0.955. The Kier molecular flexibility index (Phi) is 4.57. The van der Waals surface area contributed by atoms with Gasteiger partial charge in [0.15, 0.2) is 0 Å². The van der Waals surface area contributed by atoms with E-state index in [9.17, 15) is 4.79 Å². The molecule has 0 unspecified atom stereocenters. The van der Waals surface area contributed by atoms with Gasteiger partial charge in [-0.3, -0.25) is 4.79 Å². The monoisotopic (exact) mass is 340 g/mol. The van der Waals surface area contributed by atoms with Gasteiger partial charge in [0.2, 0.25) is 0 Å². The molecule has 0 aliphatic rings. The number of ether oxygens (including phenoxy) is 1. The fraction of sp³-hybridized carbons (Fsp3) is 0.250. The van der Waals surface area contributed by atoms with Gasteiger partial charge < -0.3 is 15.2 Å². The van der Waals surface area contributed by atoms with Crippen molar-refractivity contribution in [2.45, 2.75) is 13.1 Å². The third-order valence-corrected chi connectivity index (χ3v) is 3.00. The molecule has 0 fully saturated rings. The fourth-order valence-electron chi connectivity index (χ4n) is 1.63. The number of hydrogen-bond acceptors (Lipinski definition) is 5. The van der Waals surface area contributed by atoms with E-state index in [4.69, 9.17) is 9.84 Å². The first-order valence-corrected chi connectivity index (χ1v) is 6.56. The molecule has 20 heavy (non-hydrogen) atoms. The van der Waals surface area contributed by atoms with Gasteiger partial charge in [-0.25, -0.2) is 4.68 Å². The molecule has 1 aromatic heterocycles. The second-order valence-electron chi connectivity index (χ2n) is 4.00. The van der Waals surface area contributed by atoms with Gasteiger partial charge in [-0.05, 0) is 18.2 Å². The van der Waals surface area contributed by atoms with Gasteiger partial charge in [0.25, 0.3) is 0 Å². The summed E-state index contributed by atoms with van der Waals surface area (Å²) in [6.07, 6.45) is 1.59. The van der Waals surface area contributed by atoms with Gasteiger partial charge in [0.1, 0.15) is 18.0 Å². The zero-order valence-corrected chi connectivity index (χ0v) is 12.3. The van der Waals surface area contributed by atoms with E-state index in [1.54, 1.807) is 13.3 Å². The molecular weight excluding hydrogens is 328 g/mol. The normalized spacial score (nSPS) is 10.3. The molecule has 106 valence electrons. The molecule has 8 heteroatoms. The first-order valence-electron chi connectivity index (χ1n) is 5.76. The quantitative estimate of drug-likeness (QED) is 0.832. The molecule has 2 rings (SSSR count). The number of carboxylic acid groups (broad SMARTS) is 1. The van der Waals surface area contributed by atoms with Crippen molar-refractivity contribution in [2.24, 2.45) is 0 Å². The molecule has 2 N–H and O–H groups in total. The standard InChI is InChI=1S/C12H13BrN4O3/c1-20-11-4-8(13)2-3-10(11)14-5-9-6-17(16-15-9)7-12(18)19/h2-4,6,14H,5,7H2,1H3,(H,18,19). The minimum absolute atomic E-state index is 0.200. The lowest BCUT2D eigenvalue weighted by Gasteiger charge is -2.10. The summed E-state index contributed by atoms with van der Waals surface area (Å²) in [5.74, 6) is -0.249. The van der Waals surface area contributed by atoms with E-state index in [2.05, 4.69) is 31.6 Å². The van der Waals surface area contributed by atoms with Crippen LogP contribution in [0.2, 0.25) is 0 Å². The van der Waals surface area contributed by atoms with Crippen LogP contribution in [-0.4, -0.2) is 33.2 Å². The summed E-state index contributed by atoms with van der Waals surface area (Å²) in [5.41, 5.74) is 1.47. The number of anilines is 1. The van der Waals surface area contributed by atoms with Crippen molar-refractivity contribution in [1.29, 1.82) is 0 Å². The number of aromatic nitrogens is 3. The number of carbonyl (C=O) groups is 1. The number of carboxylic acids is 1. The van der Waals surface area contributed by atoms with Gasteiger partial charge in [0.05, 0.1) is 25.5 Å². The van der Waals surface area contributed by atoms with E-state index < -0.39 is 5.97 Å². The molecule has 1 heterocycles. The lowest BCUT2D eigenvalue weighted by atomic mass is 10.3. The second-order valence-corrected chi connectivity index (χ2v) is 4.92. The second kappa shape index (κ2) is 6.38. The molecule has 0 aliphatic carbocycles. The molecule has 1 aromatic carbocycles. The molecule has 7 nitrogen and oxygen atoms in total. The Labute approximate surface area is 123 Å². The largest absolute Gasteiger partial charge is 0.495 e. The highest BCUT2D eigenvalue weighted by molar-refractivity contribution is 9.10. The Morgan fingerprint density at radius 3 is 3.05 bits per heavy atom. The Hall–Kier alpha value is -2.09. The van der Waals surface area contributed by atoms with E-state index in [-0.39, 0.29) is 6.54 Å². The topological polar surface area (TPSA) is 89.3 Å². The Morgan fingerprint density at radius 2 is 2.35 bits per heavy atom. The Balaban J connectivity index is 2.01. The van der Waals surface area contributed by atoms with Crippen LogP contribution in [0.3, 0.4) is 0 Å². The molecule has 0 bridgehead atoms. The molecule has 0 atom stereocenters. The molecule has 0 spiro atoms. The van der Waals surface area contributed by atoms with Gasteiger partial charge in [0, 0.05) is 4.47 Å². The van der Waals surface area contributed by atoms with Gasteiger partial charge in [-0.2, -0.15) is 0 Å². The predicted molar refractivity (Wildman–Crippen MR) is 75.7 cm³/mol. The third kappa shape index (κ3) is 3.70. The maximum Gasteiger partial charge on any atom is 0.325 e. The van der Waals surface area contributed by atoms with Crippen LogP contribution in [0.4, 0.5) is 5.69 Å². The molecular formula is C12H13BrN4O3. The number of rotatable bonds is 6. The summed E-state index contributed by atoms with van der Waals surface area (Å²) in [6, 6.07) is 5.63. The van der Waals surface area contributed by atoms with Crippen LogP contribution in [0.1, 0.15) is 5.69 Å². The number of hydrogen-bond donors (Lipinski definition) is 2. The number of halogens is 1. The summed E-state index contributed by atoms with van der Waals surface area (Å²) in [6.45, 7) is 0.228. The number of benzene rings is 1. The average Bonchev–Trinajstić information content (AvgIpc) is 2.84. The van der Waals surface area contributed by atoms with Crippen LogP contribution in [0, 0.1) is 0 Å². The van der Waals surface area contributed by atoms with Crippen molar-refractivity contribution >= 4 is 27.6 Å². The summed E-state index contributed by atoms with van der Waals surface area (Å²) >= 11 is 3.37. The van der Waals surface area contributed by atoms with Crippen LogP contribution in [0.25, 0.3) is 0 Å². The fourth-order valence-corrected chi connectivity index (χ4v) is 1.97. The van der Waals surface area contributed by atoms with Crippen molar-refractivity contribution in [1.82, 2.24) is 15.0 Å². The van der Waals surface area contributed by atoms with Gasteiger partial charge in [-0.15, -0.1) is 5.10 Å². The maximum atomic E-state index is 10.5. The van der Waals surface area contributed by atoms with Gasteiger partial charge >= 0.3 is 5.97 Å². The van der Waals surface area contributed by atoms with Gasteiger partial charge in [-0.1, -0.05) is 21.1 Å². The molecule has 0 saturated heterocycles. The summed E-state index contributed by atoms with van der Waals surface area (Å²) in [4.78, 5) is 10.5. The lowest BCUT2D eigenvalue weighted by molar-refractivity contribution is -0.137. The summed E-state index contributed by atoms with van der Waals surface area (Å²) < 4.78 is 7.46. The number of methoxy groups -OCH3 is 1. The van der Waals surface area contributed by atoms with E-state index in [1.807, 2.05) is 18.2 Å². The van der Waals surface area contributed by atoms with Crippen LogP contribution in [0.5, 0.6) is 5.75 Å². The number of nitrogens with one attached hydrogen (secondary N) is 1. The van der Waals surface area contributed by atoms with Crippen LogP contribution < -0.4 is 10.1 Å². The van der Waals surface area contributed by atoms with Crippen LogP contribution >= 0.6 is 15.9 Å². The van der Waals surface area contributed by atoms with Crippen molar-refractivity contribution < 1.29 is 14.6 Å². The maximum absolute atomic E-state index is 10.5. The molecule has 0 aliphatic heterocycles. The zero-order chi connectivity index (χ0) is 14.5. The highest BCUT2D eigenvalue weighted by Crippen LogP contribution is 2.28. The Morgan fingerprint density at radius 1 is 1.55 bits per heavy atom.